The molecule has 1 saturated heterocycles. The molecule has 0 unspecified atom stereocenters. The van der Waals surface area contributed by atoms with Gasteiger partial charge in [0.1, 0.15) is 5.76 Å². The highest BCUT2D eigenvalue weighted by atomic mass is 16.3. The number of nitrogens with zero attached hydrogens (tertiary/aromatic N) is 1. The molecule has 0 spiro atoms. The predicted octanol–water partition coefficient (Wildman–Crippen LogP) is 2.10. The van der Waals surface area contributed by atoms with Crippen molar-refractivity contribution >= 4 is 0 Å². The van der Waals surface area contributed by atoms with Crippen molar-refractivity contribution < 1.29 is 4.42 Å². The van der Waals surface area contributed by atoms with Crippen LogP contribution < -0.4 is 5.32 Å². The van der Waals surface area contributed by atoms with Gasteiger partial charge in [0.05, 0.1) is 12.8 Å². The maximum Gasteiger partial charge on any atom is 0.117 e. The number of likely N-dealkylation sites (tertiary alicyclic amines) is 1. The highest BCUT2D eigenvalue weighted by Gasteiger charge is 2.14. The molecule has 0 aliphatic carbocycles. The molecule has 90 valence electrons. The van der Waals surface area contributed by atoms with Crippen LogP contribution in [0.15, 0.2) is 22.8 Å². The molecule has 0 amide bonds. The van der Waals surface area contributed by atoms with Gasteiger partial charge in [-0.25, -0.2) is 0 Å². The van der Waals surface area contributed by atoms with E-state index in [1.54, 1.807) is 6.26 Å². The molecule has 3 heteroatoms. The van der Waals surface area contributed by atoms with Crippen molar-refractivity contribution in [2.24, 2.45) is 5.92 Å². The van der Waals surface area contributed by atoms with Crippen LogP contribution in [0.1, 0.15) is 25.5 Å². The zero-order chi connectivity index (χ0) is 11.2. The average molecular weight is 222 g/mol. The van der Waals surface area contributed by atoms with E-state index < -0.39 is 0 Å². The van der Waals surface area contributed by atoms with E-state index in [1.165, 1.54) is 25.9 Å². The third-order valence-electron chi connectivity index (χ3n) is 3.36. The summed E-state index contributed by atoms with van der Waals surface area (Å²) in [5.41, 5.74) is 0. The monoisotopic (exact) mass is 222 g/mol. The van der Waals surface area contributed by atoms with Crippen LogP contribution in [0.25, 0.3) is 0 Å². The summed E-state index contributed by atoms with van der Waals surface area (Å²) in [7, 11) is 0. The molecule has 2 heterocycles. The summed E-state index contributed by atoms with van der Waals surface area (Å²) in [6.45, 7) is 7.94. The zero-order valence-electron chi connectivity index (χ0n) is 10.1. The average Bonchev–Trinajstić information content (AvgIpc) is 2.80. The molecular weight excluding hydrogens is 200 g/mol. The number of hydrogen-bond donors (Lipinski definition) is 1. The first kappa shape index (κ1) is 11.7. The number of rotatable bonds is 5. The second-order valence-corrected chi connectivity index (χ2v) is 4.78. The topological polar surface area (TPSA) is 28.4 Å². The van der Waals surface area contributed by atoms with Crippen LogP contribution in [0.4, 0.5) is 0 Å². The second-order valence-electron chi connectivity index (χ2n) is 4.78. The van der Waals surface area contributed by atoms with Crippen LogP contribution in [0.3, 0.4) is 0 Å². The van der Waals surface area contributed by atoms with Gasteiger partial charge in [-0.05, 0) is 44.0 Å². The highest BCUT2D eigenvalue weighted by Crippen LogP contribution is 2.15. The summed E-state index contributed by atoms with van der Waals surface area (Å²) in [5, 5.41) is 3.41. The minimum Gasteiger partial charge on any atom is -0.468 e. The Balaban J connectivity index is 1.55. The molecular formula is C13H22N2O. The van der Waals surface area contributed by atoms with Gasteiger partial charge in [0.25, 0.3) is 0 Å². The number of nitrogens with one attached hydrogen (secondary N) is 1. The fraction of sp³-hybridized carbons (Fsp3) is 0.692. The minimum absolute atomic E-state index is 0.844. The Morgan fingerprint density at radius 2 is 2.25 bits per heavy atom. The Morgan fingerprint density at radius 1 is 1.44 bits per heavy atom. The maximum atomic E-state index is 5.26. The summed E-state index contributed by atoms with van der Waals surface area (Å²) < 4.78 is 5.26. The number of piperidine rings is 1. The Kier molecular flexibility index (Phi) is 4.43. The lowest BCUT2D eigenvalue weighted by atomic mass is 9.99. The molecule has 1 N–H and O–H groups in total. The predicted molar refractivity (Wildman–Crippen MR) is 65.3 cm³/mol. The van der Waals surface area contributed by atoms with Gasteiger partial charge in [-0.15, -0.1) is 0 Å². The van der Waals surface area contributed by atoms with Crippen molar-refractivity contribution in [3.8, 4) is 0 Å². The molecule has 16 heavy (non-hydrogen) atoms. The van der Waals surface area contributed by atoms with E-state index in [9.17, 15) is 0 Å². The molecule has 0 saturated carbocycles. The van der Waals surface area contributed by atoms with E-state index in [1.807, 2.05) is 12.1 Å². The second kappa shape index (κ2) is 6.06. The van der Waals surface area contributed by atoms with Gasteiger partial charge in [0.2, 0.25) is 0 Å². The normalized spacial score (nSPS) is 19.1. The van der Waals surface area contributed by atoms with Crippen molar-refractivity contribution in [2.75, 3.05) is 26.2 Å². The maximum absolute atomic E-state index is 5.26. The molecule has 0 bridgehead atoms. The van der Waals surface area contributed by atoms with E-state index in [0.29, 0.717) is 0 Å². The Bertz CT molecular complexity index is 276. The van der Waals surface area contributed by atoms with Gasteiger partial charge in [0.15, 0.2) is 0 Å². The van der Waals surface area contributed by atoms with E-state index in [-0.39, 0.29) is 0 Å². The van der Waals surface area contributed by atoms with Crippen molar-refractivity contribution in [1.29, 1.82) is 0 Å². The lowest BCUT2D eigenvalue weighted by Crippen LogP contribution is -2.37. The first-order valence-electron chi connectivity index (χ1n) is 6.30. The van der Waals surface area contributed by atoms with Gasteiger partial charge in [-0.2, -0.15) is 0 Å². The van der Waals surface area contributed by atoms with Gasteiger partial charge >= 0.3 is 0 Å². The van der Waals surface area contributed by atoms with Gasteiger partial charge < -0.3 is 14.6 Å². The van der Waals surface area contributed by atoms with Crippen LogP contribution in [0.2, 0.25) is 0 Å². The van der Waals surface area contributed by atoms with Gasteiger partial charge in [-0.1, -0.05) is 6.92 Å². The number of hydrogen-bond acceptors (Lipinski definition) is 3. The summed E-state index contributed by atoms with van der Waals surface area (Å²) in [6.07, 6.45) is 4.44. The fourth-order valence-electron chi connectivity index (χ4n) is 2.15. The molecule has 3 nitrogen and oxygen atoms in total. The van der Waals surface area contributed by atoms with Crippen LogP contribution in [0, 0.1) is 5.92 Å². The van der Waals surface area contributed by atoms with Crippen molar-refractivity contribution in [2.45, 2.75) is 26.3 Å². The van der Waals surface area contributed by atoms with E-state index >= 15 is 0 Å². The van der Waals surface area contributed by atoms with Crippen molar-refractivity contribution in [3.05, 3.63) is 24.2 Å². The first-order valence-corrected chi connectivity index (χ1v) is 6.30. The quantitative estimate of drug-likeness (QED) is 0.773. The zero-order valence-corrected chi connectivity index (χ0v) is 10.1. The molecule has 0 aromatic carbocycles. The summed E-state index contributed by atoms with van der Waals surface area (Å²) in [6, 6.07) is 3.94. The standard InChI is InChI=1S/C13H22N2O/c1-12-4-7-15(8-5-12)9-6-14-11-13-3-2-10-16-13/h2-3,10,12,14H,4-9,11H2,1H3. The largest absolute Gasteiger partial charge is 0.468 e. The fourth-order valence-corrected chi connectivity index (χ4v) is 2.15. The Labute approximate surface area is 97.8 Å². The van der Waals surface area contributed by atoms with Crippen LogP contribution in [-0.4, -0.2) is 31.1 Å². The van der Waals surface area contributed by atoms with Gasteiger partial charge in [0, 0.05) is 13.1 Å². The smallest absolute Gasteiger partial charge is 0.117 e. The summed E-state index contributed by atoms with van der Waals surface area (Å²) in [4.78, 5) is 2.55. The Hall–Kier alpha value is -0.800. The summed E-state index contributed by atoms with van der Waals surface area (Å²) >= 11 is 0. The molecule has 0 atom stereocenters. The van der Waals surface area contributed by atoms with Gasteiger partial charge in [-0.3, -0.25) is 0 Å². The SMILES string of the molecule is CC1CCN(CCNCc2ccco2)CC1. The van der Waals surface area contributed by atoms with Crippen molar-refractivity contribution in [3.63, 3.8) is 0 Å². The molecule has 1 fully saturated rings. The lowest BCUT2D eigenvalue weighted by molar-refractivity contribution is 0.192. The molecule has 1 aliphatic heterocycles. The molecule has 1 aromatic rings. The van der Waals surface area contributed by atoms with Crippen LogP contribution >= 0.6 is 0 Å². The molecule has 2 rings (SSSR count). The van der Waals surface area contributed by atoms with E-state index in [0.717, 1.165) is 31.3 Å². The van der Waals surface area contributed by atoms with E-state index in [2.05, 4.69) is 17.1 Å². The minimum atomic E-state index is 0.844. The Morgan fingerprint density at radius 3 is 2.94 bits per heavy atom. The third-order valence-corrected chi connectivity index (χ3v) is 3.36. The van der Waals surface area contributed by atoms with Crippen molar-refractivity contribution in [1.82, 2.24) is 10.2 Å². The van der Waals surface area contributed by atoms with Crippen LogP contribution in [0.5, 0.6) is 0 Å². The molecule has 1 aliphatic rings. The molecule has 0 radical (unpaired) electrons. The molecule has 1 aromatic heterocycles. The van der Waals surface area contributed by atoms with Crippen LogP contribution in [-0.2, 0) is 6.54 Å². The highest BCUT2D eigenvalue weighted by molar-refractivity contribution is 4.97. The third kappa shape index (κ3) is 3.65. The van der Waals surface area contributed by atoms with E-state index in [4.69, 9.17) is 4.42 Å². The lowest BCUT2D eigenvalue weighted by Gasteiger charge is -2.30. The summed E-state index contributed by atoms with van der Waals surface area (Å²) in [5.74, 6) is 1.94. The first-order chi connectivity index (χ1) is 7.84. The number of furan rings is 1.